The lowest BCUT2D eigenvalue weighted by Gasteiger charge is -2.14. The van der Waals surface area contributed by atoms with E-state index in [0.717, 1.165) is 12.1 Å². The van der Waals surface area contributed by atoms with Crippen molar-refractivity contribution in [2.24, 2.45) is 0 Å². The first kappa shape index (κ1) is 15.3. The van der Waals surface area contributed by atoms with Gasteiger partial charge in [-0.1, -0.05) is 48.0 Å². The molecule has 3 nitrogen and oxygen atoms in total. The highest BCUT2D eigenvalue weighted by Gasteiger charge is 2.05. The Bertz CT molecular complexity index is 564. The molecule has 0 saturated heterocycles. The predicted octanol–water partition coefficient (Wildman–Crippen LogP) is 3.08. The zero-order valence-corrected chi connectivity index (χ0v) is 12.6. The average molecular weight is 282 g/mol. The van der Waals surface area contributed by atoms with Crippen molar-refractivity contribution in [3.05, 3.63) is 71.3 Å². The third-order valence-electron chi connectivity index (χ3n) is 3.47. The van der Waals surface area contributed by atoms with Crippen LogP contribution in [0, 0.1) is 6.92 Å². The molecule has 0 radical (unpaired) electrons. The molecule has 0 aliphatic heterocycles. The predicted molar refractivity (Wildman–Crippen MR) is 86.4 cm³/mol. The third kappa shape index (κ3) is 4.72. The van der Waals surface area contributed by atoms with E-state index >= 15 is 0 Å². The number of aryl methyl sites for hydroxylation is 1. The molecule has 0 aromatic heterocycles. The molecule has 0 saturated carbocycles. The molecule has 0 aliphatic rings. The molecular formula is C18H22N2O. The summed E-state index contributed by atoms with van der Waals surface area (Å²) in [7, 11) is 0. The van der Waals surface area contributed by atoms with E-state index in [4.69, 9.17) is 0 Å². The Labute approximate surface area is 126 Å². The van der Waals surface area contributed by atoms with Gasteiger partial charge in [0.1, 0.15) is 0 Å². The maximum atomic E-state index is 11.9. The van der Waals surface area contributed by atoms with Gasteiger partial charge >= 0.3 is 0 Å². The number of rotatable bonds is 6. The van der Waals surface area contributed by atoms with Gasteiger partial charge in [0.05, 0.1) is 0 Å². The Kier molecular flexibility index (Phi) is 5.52. The first-order valence-electron chi connectivity index (χ1n) is 7.30. The summed E-state index contributed by atoms with van der Waals surface area (Å²) in [6, 6.07) is 18.2. The van der Waals surface area contributed by atoms with Gasteiger partial charge in [0.15, 0.2) is 0 Å². The number of benzene rings is 2. The van der Waals surface area contributed by atoms with Crippen LogP contribution in [0.1, 0.15) is 34.5 Å². The lowest BCUT2D eigenvalue weighted by atomic mass is 10.1. The van der Waals surface area contributed by atoms with Crippen molar-refractivity contribution in [2.45, 2.75) is 19.9 Å². The van der Waals surface area contributed by atoms with Crippen LogP contribution < -0.4 is 10.6 Å². The van der Waals surface area contributed by atoms with Gasteiger partial charge in [0.2, 0.25) is 0 Å². The lowest BCUT2D eigenvalue weighted by molar-refractivity contribution is 0.0953. The van der Waals surface area contributed by atoms with Gasteiger partial charge < -0.3 is 10.6 Å². The zero-order valence-electron chi connectivity index (χ0n) is 12.6. The largest absolute Gasteiger partial charge is 0.351 e. The SMILES string of the molecule is Cc1ccc(C(=O)NCCNC(C)c2ccccc2)cc1. The van der Waals surface area contributed by atoms with E-state index in [1.807, 2.05) is 49.4 Å². The molecule has 2 aromatic rings. The minimum Gasteiger partial charge on any atom is -0.351 e. The normalized spacial score (nSPS) is 11.9. The van der Waals surface area contributed by atoms with Gasteiger partial charge in [-0.25, -0.2) is 0 Å². The fraction of sp³-hybridized carbons (Fsp3) is 0.278. The molecule has 0 bridgehead atoms. The molecule has 3 heteroatoms. The third-order valence-corrected chi connectivity index (χ3v) is 3.47. The van der Waals surface area contributed by atoms with Gasteiger partial charge in [-0.05, 0) is 31.5 Å². The van der Waals surface area contributed by atoms with Crippen molar-refractivity contribution in [2.75, 3.05) is 13.1 Å². The summed E-state index contributed by atoms with van der Waals surface area (Å²) in [6.07, 6.45) is 0. The average Bonchev–Trinajstić information content (AvgIpc) is 2.52. The first-order chi connectivity index (χ1) is 10.2. The first-order valence-corrected chi connectivity index (χ1v) is 7.30. The smallest absolute Gasteiger partial charge is 0.251 e. The number of amides is 1. The maximum absolute atomic E-state index is 11.9. The second kappa shape index (κ2) is 7.60. The second-order valence-electron chi connectivity index (χ2n) is 5.21. The van der Waals surface area contributed by atoms with Crippen molar-refractivity contribution in [1.82, 2.24) is 10.6 Å². The van der Waals surface area contributed by atoms with Crippen molar-refractivity contribution in [1.29, 1.82) is 0 Å². The van der Waals surface area contributed by atoms with Crippen LogP contribution in [0.4, 0.5) is 0 Å². The molecule has 0 spiro atoms. The molecule has 2 aromatic carbocycles. The lowest BCUT2D eigenvalue weighted by Crippen LogP contribution is -2.32. The molecule has 21 heavy (non-hydrogen) atoms. The van der Waals surface area contributed by atoms with Gasteiger partial charge in [-0.3, -0.25) is 4.79 Å². The zero-order chi connectivity index (χ0) is 15.1. The van der Waals surface area contributed by atoms with Gasteiger partial charge in [0, 0.05) is 24.7 Å². The van der Waals surface area contributed by atoms with Crippen LogP contribution >= 0.6 is 0 Å². The highest BCUT2D eigenvalue weighted by molar-refractivity contribution is 5.94. The Hall–Kier alpha value is -2.13. The molecule has 2 N–H and O–H groups in total. The number of hydrogen-bond acceptors (Lipinski definition) is 2. The highest BCUT2D eigenvalue weighted by Crippen LogP contribution is 2.10. The molecule has 0 aliphatic carbocycles. The van der Waals surface area contributed by atoms with Crippen molar-refractivity contribution in [3.63, 3.8) is 0 Å². The van der Waals surface area contributed by atoms with Crippen LogP contribution in [0.2, 0.25) is 0 Å². The summed E-state index contributed by atoms with van der Waals surface area (Å²) in [5.41, 5.74) is 3.11. The van der Waals surface area contributed by atoms with Crippen LogP contribution in [0.15, 0.2) is 54.6 Å². The van der Waals surface area contributed by atoms with Gasteiger partial charge in [0.25, 0.3) is 5.91 Å². The van der Waals surface area contributed by atoms with E-state index in [-0.39, 0.29) is 11.9 Å². The number of nitrogens with one attached hydrogen (secondary N) is 2. The quantitative estimate of drug-likeness (QED) is 0.799. The summed E-state index contributed by atoms with van der Waals surface area (Å²) in [6.45, 7) is 5.49. The number of carbonyl (C=O) groups is 1. The number of hydrogen-bond donors (Lipinski definition) is 2. The van der Waals surface area contributed by atoms with Crippen LogP contribution in [-0.4, -0.2) is 19.0 Å². The van der Waals surface area contributed by atoms with Crippen LogP contribution in [0.5, 0.6) is 0 Å². The van der Waals surface area contributed by atoms with E-state index in [0.29, 0.717) is 12.1 Å². The topological polar surface area (TPSA) is 41.1 Å². The Morgan fingerprint density at radius 1 is 1.00 bits per heavy atom. The Balaban J connectivity index is 1.72. The summed E-state index contributed by atoms with van der Waals surface area (Å²) in [5.74, 6) is -0.0239. The van der Waals surface area contributed by atoms with E-state index < -0.39 is 0 Å². The summed E-state index contributed by atoms with van der Waals surface area (Å²) in [5, 5.41) is 6.32. The molecule has 0 fully saturated rings. The summed E-state index contributed by atoms with van der Waals surface area (Å²) < 4.78 is 0. The Morgan fingerprint density at radius 2 is 1.67 bits per heavy atom. The number of carbonyl (C=O) groups excluding carboxylic acids is 1. The standard InChI is InChI=1S/C18H22N2O/c1-14-8-10-17(11-9-14)18(21)20-13-12-19-15(2)16-6-4-3-5-7-16/h3-11,15,19H,12-13H2,1-2H3,(H,20,21). The molecule has 1 amide bonds. The molecule has 1 unspecified atom stereocenters. The molecule has 1 atom stereocenters. The Morgan fingerprint density at radius 3 is 2.33 bits per heavy atom. The van der Waals surface area contributed by atoms with Crippen LogP contribution in [0.3, 0.4) is 0 Å². The molecule has 2 rings (SSSR count). The van der Waals surface area contributed by atoms with Gasteiger partial charge in [-0.2, -0.15) is 0 Å². The molecule has 0 heterocycles. The highest BCUT2D eigenvalue weighted by atomic mass is 16.1. The van der Waals surface area contributed by atoms with Crippen molar-refractivity contribution < 1.29 is 4.79 Å². The van der Waals surface area contributed by atoms with Crippen LogP contribution in [0.25, 0.3) is 0 Å². The fourth-order valence-electron chi connectivity index (χ4n) is 2.13. The van der Waals surface area contributed by atoms with E-state index in [9.17, 15) is 4.79 Å². The van der Waals surface area contributed by atoms with E-state index in [2.05, 4.69) is 29.7 Å². The van der Waals surface area contributed by atoms with E-state index in [1.165, 1.54) is 5.56 Å². The minimum absolute atomic E-state index is 0.0239. The second-order valence-corrected chi connectivity index (χ2v) is 5.21. The van der Waals surface area contributed by atoms with Crippen molar-refractivity contribution >= 4 is 5.91 Å². The van der Waals surface area contributed by atoms with E-state index in [1.54, 1.807) is 0 Å². The molecule has 110 valence electrons. The van der Waals surface area contributed by atoms with Crippen molar-refractivity contribution in [3.8, 4) is 0 Å². The van der Waals surface area contributed by atoms with Crippen LogP contribution in [-0.2, 0) is 0 Å². The minimum atomic E-state index is -0.0239. The maximum Gasteiger partial charge on any atom is 0.251 e. The summed E-state index contributed by atoms with van der Waals surface area (Å²) in [4.78, 5) is 11.9. The van der Waals surface area contributed by atoms with Gasteiger partial charge in [-0.15, -0.1) is 0 Å². The fourth-order valence-corrected chi connectivity index (χ4v) is 2.13. The molecular weight excluding hydrogens is 260 g/mol. The monoisotopic (exact) mass is 282 g/mol. The summed E-state index contributed by atoms with van der Waals surface area (Å²) >= 11 is 0.